The van der Waals surface area contributed by atoms with Crippen molar-refractivity contribution in [1.29, 1.82) is 5.26 Å². The quantitative estimate of drug-likeness (QED) is 0.641. The first-order valence-electron chi connectivity index (χ1n) is 8.19. The van der Waals surface area contributed by atoms with Crippen molar-refractivity contribution in [2.45, 2.75) is 6.92 Å². The molecule has 1 aromatic heterocycles. The van der Waals surface area contributed by atoms with Crippen LogP contribution in [-0.4, -0.2) is 19.2 Å². The Kier molecular flexibility index (Phi) is 5.33. The van der Waals surface area contributed by atoms with E-state index in [1.54, 1.807) is 20.3 Å². The van der Waals surface area contributed by atoms with Crippen LogP contribution in [0.25, 0.3) is 22.3 Å². The van der Waals surface area contributed by atoms with Gasteiger partial charge in [-0.15, -0.1) is 0 Å². The number of hydrogen-bond acceptors (Lipinski definition) is 5. The summed E-state index contributed by atoms with van der Waals surface area (Å²) in [5.41, 5.74) is 10.4. The molecule has 2 N–H and O–H groups in total. The summed E-state index contributed by atoms with van der Waals surface area (Å²) in [6, 6.07) is 15.7. The molecular weight excluding hydrogens is 406 g/mol. The Hall–Kier alpha value is -3.04. The second kappa shape index (κ2) is 7.68. The highest BCUT2D eigenvalue weighted by Crippen LogP contribution is 2.45. The fourth-order valence-electron chi connectivity index (χ4n) is 3.12. The van der Waals surface area contributed by atoms with Gasteiger partial charge in [-0.1, -0.05) is 30.3 Å². The fraction of sp³-hybridized carbons (Fsp3) is 0.143. The van der Waals surface area contributed by atoms with Gasteiger partial charge < -0.3 is 15.2 Å². The van der Waals surface area contributed by atoms with Crippen LogP contribution in [0.1, 0.15) is 11.3 Å². The van der Waals surface area contributed by atoms with Crippen LogP contribution in [0.5, 0.6) is 11.5 Å². The third kappa shape index (κ3) is 3.34. The lowest BCUT2D eigenvalue weighted by Gasteiger charge is -2.19. The number of anilines is 1. The summed E-state index contributed by atoms with van der Waals surface area (Å²) in [4.78, 5) is 4.40. The van der Waals surface area contributed by atoms with Crippen LogP contribution in [0, 0.1) is 18.3 Å². The molecular formula is C21H18BrN3O2. The molecule has 136 valence electrons. The SMILES string of the molecule is COc1cc(OC)c(-c2c(C#N)c(N)nc(C)c2-c2ccccc2)cc1Br. The second-order valence-electron chi connectivity index (χ2n) is 5.87. The Morgan fingerprint density at radius 2 is 1.70 bits per heavy atom. The van der Waals surface area contributed by atoms with Gasteiger partial charge in [-0.2, -0.15) is 5.26 Å². The average molecular weight is 424 g/mol. The van der Waals surface area contributed by atoms with Crippen molar-refractivity contribution in [2.75, 3.05) is 20.0 Å². The molecule has 0 aliphatic rings. The number of benzene rings is 2. The second-order valence-corrected chi connectivity index (χ2v) is 6.73. The van der Waals surface area contributed by atoms with Gasteiger partial charge in [-0.25, -0.2) is 4.98 Å². The summed E-state index contributed by atoms with van der Waals surface area (Å²) < 4.78 is 11.7. The number of ether oxygens (including phenoxy) is 2. The molecule has 3 rings (SSSR count). The van der Waals surface area contributed by atoms with Gasteiger partial charge in [0.05, 0.1) is 18.7 Å². The van der Waals surface area contributed by atoms with E-state index in [0.717, 1.165) is 26.9 Å². The molecule has 0 atom stereocenters. The number of hydrogen-bond donors (Lipinski definition) is 1. The minimum absolute atomic E-state index is 0.193. The lowest BCUT2D eigenvalue weighted by atomic mass is 9.89. The standard InChI is InChI=1S/C21H18BrN3O2/c1-12-19(13-7-5-4-6-8-13)20(15(11-23)21(24)25-12)14-9-16(22)18(27-3)10-17(14)26-2/h4-10H,1-3H3,(H2,24,25). The zero-order chi connectivity index (χ0) is 19.6. The number of aromatic nitrogens is 1. The average Bonchev–Trinajstić information content (AvgIpc) is 2.68. The predicted octanol–water partition coefficient (Wildman–Crippen LogP) is 4.96. The van der Waals surface area contributed by atoms with Crippen molar-refractivity contribution in [1.82, 2.24) is 4.98 Å². The Morgan fingerprint density at radius 1 is 1.04 bits per heavy atom. The van der Waals surface area contributed by atoms with Crippen molar-refractivity contribution in [3.05, 3.63) is 58.2 Å². The fourth-order valence-corrected chi connectivity index (χ4v) is 3.63. The largest absolute Gasteiger partial charge is 0.496 e. The summed E-state index contributed by atoms with van der Waals surface area (Å²) in [7, 11) is 3.17. The van der Waals surface area contributed by atoms with Crippen LogP contribution >= 0.6 is 15.9 Å². The first-order chi connectivity index (χ1) is 13.0. The molecule has 0 aliphatic carbocycles. The summed E-state index contributed by atoms with van der Waals surface area (Å²) in [5.74, 6) is 1.40. The van der Waals surface area contributed by atoms with Gasteiger partial charge in [-0.3, -0.25) is 0 Å². The highest BCUT2D eigenvalue weighted by molar-refractivity contribution is 9.10. The van der Waals surface area contributed by atoms with Gasteiger partial charge >= 0.3 is 0 Å². The summed E-state index contributed by atoms with van der Waals surface area (Å²) in [5, 5.41) is 9.81. The molecule has 5 nitrogen and oxygen atoms in total. The number of aryl methyl sites for hydroxylation is 1. The normalized spacial score (nSPS) is 10.3. The topological polar surface area (TPSA) is 81.2 Å². The van der Waals surface area contributed by atoms with Crippen LogP contribution in [-0.2, 0) is 0 Å². The number of nitrogen functional groups attached to an aromatic ring is 1. The van der Waals surface area contributed by atoms with E-state index in [9.17, 15) is 5.26 Å². The number of nitrogens with two attached hydrogens (primary N) is 1. The van der Waals surface area contributed by atoms with Crippen LogP contribution in [0.4, 0.5) is 5.82 Å². The number of pyridine rings is 1. The molecule has 0 aliphatic heterocycles. The van der Waals surface area contributed by atoms with Gasteiger partial charge in [-0.05, 0) is 34.5 Å². The number of nitrogens with zero attached hydrogens (tertiary/aromatic N) is 2. The van der Waals surface area contributed by atoms with E-state index in [1.807, 2.05) is 43.3 Å². The molecule has 0 bridgehead atoms. The van der Waals surface area contributed by atoms with Crippen molar-refractivity contribution >= 4 is 21.7 Å². The Morgan fingerprint density at radius 3 is 2.30 bits per heavy atom. The molecule has 1 heterocycles. The number of halogens is 1. The third-order valence-electron chi connectivity index (χ3n) is 4.32. The number of methoxy groups -OCH3 is 2. The maximum absolute atomic E-state index is 9.81. The maximum Gasteiger partial charge on any atom is 0.142 e. The highest BCUT2D eigenvalue weighted by atomic mass is 79.9. The Balaban J connectivity index is 2.46. The van der Waals surface area contributed by atoms with E-state index >= 15 is 0 Å². The molecule has 0 saturated heterocycles. The lowest BCUT2D eigenvalue weighted by Crippen LogP contribution is -2.04. The van der Waals surface area contributed by atoms with Gasteiger partial charge in [0.25, 0.3) is 0 Å². The zero-order valence-corrected chi connectivity index (χ0v) is 16.8. The third-order valence-corrected chi connectivity index (χ3v) is 4.94. The van der Waals surface area contributed by atoms with Gasteiger partial charge in [0.1, 0.15) is 28.9 Å². The van der Waals surface area contributed by atoms with Crippen molar-refractivity contribution in [3.8, 4) is 39.8 Å². The van der Waals surface area contributed by atoms with Crippen LogP contribution in [0.3, 0.4) is 0 Å². The van der Waals surface area contributed by atoms with Crippen molar-refractivity contribution in [3.63, 3.8) is 0 Å². The molecule has 0 radical (unpaired) electrons. The molecule has 3 aromatic rings. The molecule has 0 unspecified atom stereocenters. The molecule has 2 aromatic carbocycles. The van der Waals surface area contributed by atoms with Crippen LogP contribution in [0.15, 0.2) is 46.9 Å². The first-order valence-corrected chi connectivity index (χ1v) is 8.98. The Labute approximate surface area is 166 Å². The zero-order valence-electron chi connectivity index (χ0n) is 15.2. The molecule has 0 fully saturated rings. The van der Waals surface area contributed by atoms with E-state index < -0.39 is 0 Å². The highest BCUT2D eigenvalue weighted by Gasteiger charge is 2.23. The lowest BCUT2D eigenvalue weighted by molar-refractivity contribution is 0.393. The molecule has 0 saturated carbocycles. The van der Waals surface area contributed by atoms with E-state index in [-0.39, 0.29) is 5.82 Å². The molecule has 6 heteroatoms. The van der Waals surface area contributed by atoms with Crippen LogP contribution < -0.4 is 15.2 Å². The summed E-state index contributed by atoms with van der Waals surface area (Å²) in [6.07, 6.45) is 0. The maximum atomic E-state index is 9.81. The van der Waals surface area contributed by atoms with E-state index in [0.29, 0.717) is 22.6 Å². The van der Waals surface area contributed by atoms with E-state index in [2.05, 4.69) is 27.0 Å². The van der Waals surface area contributed by atoms with Crippen molar-refractivity contribution < 1.29 is 9.47 Å². The van der Waals surface area contributed by atoms with Gasteiger partial charge in [0.2, 0.25) is 0 Å². The smallest absolute Gasteiger partial charge is 0.142 e. The summed E-state index contributed by atoms with van der Waals surface area (Å²) in [6.45, 7) is 1.88. The summed E-state index contributed by atoms with van der Waals surface area (Å²) >= 11 is 3.52. The first kappa shape index (κ1) is 18.7. The van der Waals surface area contributed by atoms with Crippen LogP contribution in [0.2, 0.25) is 0 Å². The minimum atomic E-state index is 0.193. The number of nitriles is 1. The molecule has 0 spiro atoms. The monoisotopic (exact) mass is 423 g/mol. The van der Waals surface area contributed by atoms with Gasteiger partial charge in [0, 0.05) is 28.5 Å². The van der Waals surface area contributed by atoms with Crippen molar-refractivity contribution in [2.24, 2.45) is 0 Å². The minimum Gasteiger partial charge on any atom is -0.496 e. The Bertz CT molecular complexity index is 1040. The van der Waals surface area contributed by atoms with E-state index in [4.69, 9.17) is 15.2 Å². The van der Waals surface area contributed by atoms with Gasteiger partial charge in [0.15, 0.2) is 0 Å². The molecule has 0 amide bonds. The predicted molar refractivity (Wildman–Crippen MR) is 110 cm³/mol. The number of rotatable bonds is 4. The molecule has 27 heavy (non-hydrogen) atoms. The van der Waals surface area contributed by atoms with E-state index in [1.165, 1.54) is 0 Å².